The van der Waals surface area contributed by atoms with E-state index in [4.69, 9.17) is 5.11 Å². The van der Waals surface area contributed by atoms with Crippen molar-refractivity contribution in [3.8, 4) is 0 Å². The van der Waals surface area contributed by atoms with E-state index in [1.807, 2.05) is 25.1 Å². The van der Waals surface area contributed by atoms with E-state index in [0.29, 0.717) is 5.69 Å². The Morgan fingerprint density at radius 1 is 1.33 bits per heavy atom. The second-order valence-electron chi connectivity index (χ2n) is 4.02. The smallest absolute Gasteiger partial charge is 0.319 e. The number of nitrogens with one attached hydrogen (secondary N) is 2. The second-order valence-corrected chi connectivity index (χ2v) is 4.02. The number of benzene rings is 1. The molecule has 3 N–H and O–H groups in total. The number of amides is 2. The molecule has 0 saturated heterocycles. The van der Waals surface area contributed by atoms with Crippen molar-refractivity contribution < 1.29 is 14.7 Å². The maximum absolute atomic E-state index is 11.4. The molecule has 0 saturated carbocycles. The third kappa shape index (κ3) is 4.45. The van der Waals surface area contributed by atoms with Gasteiger partial charge in [0.25, 0.3) is 0 Å². The highest BCUT2D eigenvalue weighted by Crippen LogP contribution is 2.15. The van der Waals surface area contributed by atoms with Gasteiger partial charge in [0.2, 0.25) is 0 Å². The summed E-state index contributed by atoms with van der Waals surface area (Å²) < 4.78 is 0. The van der Waals surface area contributed by atoms with Crippen molar-refractivity contribution in [3.63, 3.8) is 0 Å². The van der Waals surface area contributed by atoms with Crippen LogP contribution >= 0.6 is 0 Å². The molecular weight excluding hydrogens is 232 g/mol. The van der Waals surface area contributed by atoms with E-state index in [9.17, 15) is 9.59 Å². The lowest BCUT2D eigenvalue weighted by Gasteiger charge is -2.09. The first-order chi connectivity index (χ1) is 8.52. The fourth-order valence-corrected chi connectivity index (χ4v) is 1.63. The fraction of sp³-hybridized carbons (Fsp3) is 0.385. The molecule has 0 heterocycles. The topological polar surface area (TPSA) is 78.4 Å². The predicted molar refractivity (Wildman–Crippen MR) is 69.8 cm³/mol. The Labute approximate surface area is 106 Å². The van der Waals surface area contributed by atoms with E-state index >= 15 is 0 Å². The van der Waals surface area contributed by atoms with Gasteiger partial charge in [0, 0.05) is 12.2 Å². The van der Waals surface area contributed by atoms with Gasteiger partial charge in [-0.15, -0.1) is 0 Å². The average Bonchev–Trinajstić information content (AvgIpc) is 2.28. The number of hydrogen-bond acceptors (Lipinski definition) is 2. The minimum Gasteiger partial charge on any atom is -0.481 e. The van der Waals surface area contributed by atoms with Crippen LogP contribution in [0.3, 0.4) is 0 Å². The van der Waals surface area contributed by atoms with Crippen LogP contribution in [0.4, 0.5) is 10.5 Å². The standard InChI is InChI=1S/C13H18N2O3/c1-3-10-4-5-11(8-9(10)2)15-13(18)14-7-6-12(16)17/h4-5,8H,3,6-7H2,1-2H3,(H,16,17)(H2,14,15,18). The van der Waals surface area contributed by atoms with Gasteiger partial charge in [0.15, 0.2) is 0 Å². The summed E-state index contributed by atoms with van der Waals surface area (Å²) >= 11 is 0. The number of aliphatic carboxylic acids is 1. The summed E-state index contributed by atoms with van der Waals surface area (Å²) in [5.41, 5.74) is 3.07. The molecule has 1 aromatic rings. The molecule has 0 aliphatic heterocycles. The first-order valence-corrected chi connectivity index (χ1v) is 5.89. The minimum atomic E-state index is -0.932. The fourth-order valence-electron chi connectivity index (χ4n) is 1.63. The number of carbonyl (C=O) groups excluding carboxylic acids is 1. The van der Waals surface area contributed by atoms with Crippen LogP contribution < -0.4 is 10.6 Å². The SMILES string of the molecule is CCc1ccc(NC(=O)NCCC(=O)O)cc1C. The first-order valence-electron chi connectivity index (χ1n) is 5.89. The number of hydrogen-bond donors (Lipinski definition) is 3. The predicted octanol–water partition coefficient (Wildman–Crippen LogP) is 2.15. The van der Waals surface area contributed by atoms with Crippen LogP contribution in [0.2, 0.25) is 0 Å². The van der Waals surface area contributed by atoms with Crippen molar-refractivity contribution >= 4 is 17.7 Å². The molecule has 0 atom stereocenters. The Bertz CT molecular complexity index is 444. The van der Waals surface area contributed by atoms with E-state index in [2.05, 4.69) is 17.6 Å². The maximum Gasteiger partial charge on any atom is 0.319 e. The molecule has 0 unspecified atom stereocenters. The molecule has 0 aliphatic rings. The Hall–Kier alpha value is -2.04. The first kappa shape index (κ1) is 14.0. The Kier molecular flexibility index (Phi) is 5.17. The normalized spacial score (nSPS) is 9.89. The molecule has 0 spiro atoms. The Balaban J connectivity index is 2.49. The summed E-state index contributed by atoms with van der Waals surface area (Å²) in [6.07, 6.45) is 0.873. The number of rotatable bonds is 5. The third-order valence-corrected chi connectivity index (χ3v) is 2.61. The average molecular weight is 250 g/mol. The summed E-state index contributed by atoms with van der Waals surface area (Å²) in [6, 6.07) is 5.32. The van der Waals surface area contributed by atoms with Crippen LogP contribution in [0.5, 0.6) is 0 Å². The number of carbonyl (C=O) groups is 2. The minimum absolute atomic E-state index is 0.0821. The molecule has 18 heavy (non-hydrogen) atoms. The number of anilines is 1. The van der Waals surface area contributed by atoms with Crippen molar-refractivity contribution in [1.29, 1.82) is 0 Å². The zero-order chi connectivity index (χ0) is 13.5. The summed E-state index contributed by atoms with van der Waals surface area (Å²) in [4.78, 5) is 21.7. The van der Waals surface area contributed by atoms with Crippen LogP contribution in [0.15, 0.2) is 18.2 Å². The maximum atomic E-state index is 11.4. The monoisotopic (exact) mass is 250 g/mol. The van der Waals surface area contributed by atoms with Crippen molar-refractivity contribution in [2.45, 2.75) is 26.7 Å². The van der Waals surface area contributed by atoms with Crippen LogP contribution in [0.1, 0.15) is 24.5 Å². The van der Waals surface area contributed by atoms with Crippen LogP contribution in [-0.4, -0.2) is 23.7 Å². The lowest BCUT2D eigenvalue weighted by Crippen LogP contribution is -2.30. The highest BCUT2D eigenvalue weighted by atomic mass is 16.4. The van der Waals surface area contributed by atoms with Gasteiger partial charge in [0.1, 0.15) is 0 Å². The summed E-state index contributed by atoms with van der Waals surface area (Å²) in [6.45, 7) is 4.19. The third-order valence-electron chi connectivity index (χ3n) is 2.61. The lowest BCUT2D eigenvalue weighted by atomic mass is 10.1. The van der Waals surface area contributed by atoms with E-state index in [-0.39, 0.29) is 19.0 Å². The van der Waals surface area contributed by atoms with E-state index in [0.717, 1.165) is 12.0 Å². The van der Waals surface area contributed by atoms with Gasteiger partial charge >= 0.3 is 12.0 Å². The van der Waals surface area contributed by atoms with Crippen LogP contribution in [0, 0.1) is 6.92 Å². The molecule has 0 bridgehead atoms. The van der Waals surface area contributed by atoms with Crippen molar-refractivity contribution in [3.05, 3.63) is 29.3 Å². The van der Waals surface area contributed by atoms with Gasteiger partial charge in [-0.05, 0) is 36.6 Å². The number of urea groups is 1. The van der Waals surface area contributed by atoms with Crippen LogP contribution in [-0.2, 0) is 11.2 Å². The van der Waals surface area contributed by atoms with Crippen molar-refractivity contribution in [2.24, 2.45) is 0 Å². The molecule has 5 heteroatoms. The summed E-state index contributed by atoms with van der Waals surface area (Å²) in [5.74, 6) is -0.932. The summed E-state index contributed by atoms with van der Waals surface area (Å²) in [7, 11) is 0. The van der Waals surface area contributed by atoms with Gasteiger partial charge in [0.05, 0.1) is 6.42 Å². The number of carboxylic acid groups (broad SMARTS) is 1. The van der Waals surface area contributed by atoms with Crippen molar-refractivity contribution in [1.82, 2.24) is 5.32 Å². The quantitative estimate of drug-likeness (QED) is 0.749. The molecule has 1 aromatic carbocycles. The van der Waals surface area contributed by atoms with Gasteiger partial charge in [-0.25, -0.2) is 4.79 Å². The highest BCUT2D eigenvalue weighted by molar-refractivity contribution is 5.89. The van der Waals surface area contributed by atoms with Gasteiger partial charge in [-0.2, -0.15) is 0 Å². The molecular formula is C13H18N2O3. The largest absolute Gasteiger partial charge is 0.481 e. The van der Waals surface area contributed by atoms with Crippen LogP contribution in [0.25, 0.3) is 0 Å². The zero-order valence-electron chi connectivity index (χ0n) is 10.6. The van der Waals surface area contributed by atoms with Gasteiger partial charge < -0.3 is 15.7 Å². The highest BCUT2D eigenvalue weighted by Gasteiger charge is 2.04. The molecule has 98 valence electrons. The zero-order valence-corrected chi connectivity index (χ0v) is 10.6. The molecule has 0 aliphatic carbocycles. The number of aryl methyl sites for hydroxylation is 2. The Morgan fingerprint density at radius 2 is 2.06 bits per heavy atom. The van der Waals surface area contributed by atoms with E-state index in [1.54, 1.807) is 0 Å². The lowest BCUT2D eigenvalue weighted by molar-refractivity contribution is -0.136. The van der Waals surface area contributed by atoms with Gasteiger partial charge in [-0.1, -0.05) is 13.0 Å². The molecule has 0 fully saturated rings. The number of carboxylic acids is 1. The van der Waals surface area contributed by atoms with Gasteiger partial charge in [-0.3, -0.25) is 4.79 Å². The molecule has 1 rings (SSSR count). The van der Waals surface area contributed by atoms with Crippen molar-refractivity contribution in [2.75, 3.05) is 11.9 Å². The Morgan fingerprint density at radius 3 is 2.61 bits per heavy atom. The molecule has 2 amide bonds. The van der Waals surface area contributed by atoms with E-state index < -0.39 is 5.97 Å². The summed E-state index contributed by atoms with van der Waals surface area (Å²) in [5, 5.41) is 13.6. The molecule has 0 aromatic heterocycles. The molecule has 0 radical (unpaired) electrons. The van der Waals surface area contributed by atoms with E-state index in [1.165, 1.54) is 5.56 Å². The second kappa shape index (κ2) is 6.64. The molecule has 5 nitrogen and oxygen atoms in total.